The SMILES string of the molecule is CCCCCC(C)C(=O)OC12CC(CC1Nc1cnc(C(F)(F)F)cn1)C(C)N2. The van der Waals surface area contributed by atoms with Crippen molar-refractivity contribution < 1.29 is 22.7 Å². The van der Waals surface area contributed by atoms with Crippen LogP contribution in [0.15, 0.2) is 12.4 Å². The fraction of sp³-hybridized carbons (Fsp3) is 0.750. The molecule has 0 spiro atoms. The summed E-state index contributed by atoms with van der Waals surface area (Å²) in [4.78, 5) is 20.0. The molecule has 1 aromatic heterocycles. The Hall–Kier alpha value is -1.90. The van der Waals surface area contributed by atoms with E-state index in [1.165, 1.54) is 0 Å². The van der Waals surface area contributed by atoms with Gasteiger partial charge < -0.3 is 10.1 Å². The lowest BCUT2D eigenvalue weighted by molar-refractivity contribution is -0.167. The minimum atomic E-state index is -4.53. The second-order valence-electron chi connectivity index (χ2n) is 8.32. The van der Waals surface area contributed by atoms with Crippen molar-refractivity contribution in [2.24, 2.45) is 11.8 Å². The molecule has 162 valence electrons. The molecule has 2 bridgehead atoms. The number of alkyl halides is 3. The number of esters is 1. The summed E-state index contributed by atoms with van der Waals surface area (Å²) in [6.07, 6.45) is 2.60. The number of ether oxygens (including phenoxy) is 1. The summed E-state index contributed by atoms with van der Waals surface area (Å²) < 4.78 is 44.0. The molecule has 2 aliphatic rings. The monoisotopic (exact) mass is 414 g/mol. The fourth-order valence-electron chi connectivity index (χ4n) is 4.30. The highest BCUT2D eigenvalue weighted by atomic mass is 19.4. The van der Waals surface area contributed by atoms with Gasteiger partial charge in [0, 0.05) is 12.5 Å². The molecule has 9 heteroatoms. The minimum absolute atomic E-state index is 0.195. The number of nitrogens with zero attached hydrogens (tertiary/aromatic N) is 2. The number of nitrogens with one attached hydrogen (secondary N) is 2. The molecule has 1 aliphatic carbocycles. The van der Waals surface area contributed by atoms with E-state index in [2.05, 4.69) is 34.4 Å². The van der Waals surface area contributed by atoms with Gasteiger partial charge >= 0.3 is 12.1 Å². The molecule has 1 aromatic rings. The second-order valence-corrected chi connectivity index (χ2v) is 8.32. The molecule has 1 saturated heterocycles. The minimum Gasteiger partial charge on any atom is -0.441 e. The summed E-state index contributed by atoms with van der Waals surface area (Å²) in [6, 6.07) is -0.0727. The van der Waals surface area contributed by atoms with Crippen molar-refractivity contribution in [3.63, 3.8) is 0 Å². The highest BCUT2D eigenvalue weighted by Crippen LogP contribution is 2.45. The molecule has 0 aromatic carbocycles. The molecule has 3 rings (SSSR count). The number of hydrogen-bond donors (Lipinski definition) is 2. The van der Waals surface area contributed by atoms with Crippen LogP contribution < -0.4 is 10.6 Å². The van der Waals surface area contributed by atoms with Gasteiger partial charge in [-0.2, -0.15) is 13.2 Å². The van der Waals surface area contributed by atoms with Gasteiger partial charge in [-0.25, -0.2) is 9.97 Å². The predicted octanol–water partition coefficient (Wildman–Crippen LogP) is 4.13. The van der Waals surface area contributed by atoms with E-state index in [9.17, 15) is 18.0 Å². The first-order valence-electron chi connectivity index (χ1n) is 10.3. The highest BCUT2D eigenvalue weighted by molar-refractivity contribution is 5.72. The number of hydrogen-bond acceptors (Lipinski definition) is 6. The van der Waals surface area contributed by atoms with E-state index in [1.54, 1.807) is 0 Å². The number of carbonyl (C=O) groups excluding carboxylic acids is 1. The first-order valence-corrected chi connectivity index (χ1v) is 10.3. The number of unbranched alkanes of at least 4 members (excludes halogenated alkanes) is 2. The number of piperidine rings is 1. The van der Waals surface area contributed by atoms with Crippen LogP contribution in [-0.4, -0.2) is 33.7 Å². The topological polar surface area (TPSA) is 76.1 Å². The summed E-state index contributed by atoms with van der Waals surface area (Å²) in [5.74, 6) is 0.113. The molecule has 1 saturated carbocycles. The van der Waals surface area contributed by atoms with Crippen molar-refractivity contribution >= 4 is 11.8 Å². The van der Waals surface area contributed by atoms with E-state index >= 15 is 0 Å². The van der Waals surface area contributed by atoms with Crippen LogP contribution in [0.25, 0.3) is 0 Å². The smallest absolute Gasteiger partial charge is 0.434 e. The Morgan fingerprint density at radius 2 is 2.14 bits per heavy atom. The van der Waals surface area contributed by atoms with Crippen LogP contribution in [0.4, 0.5) is 19.0 Å². The Bertz CT molecular complexity index is 709. The Kier molecular flexibility index (Phi) is 6.36. The zero-order valence-electron chi connectivity index (χ0n) is 17.1. The van der Waals surface area contributed by atoms with Crippen LogP contribution in [0.2, 0.25) is 0 Å². The summed E-state index contributed by atoms with van der Waals surface area (Å²) >= 11 is 0. The summed E-state index contributed by atoms with van der Waals surface area (Å²) in [7, 11) is 0. The number of anilines is 1. The van der Waals surface area contributed by atoms with E-state index in [0.29, 0.717) is 18.5 Å². The lowest BCUT2D eigenvalue weighted by Crippen LogP contribution is -2.59. The largest absolute Gasteiger partial charge is 0.441 e. The van der Waals surface area contributed by atoms with Gasteiger partial charge in [0.2, 0.25) is 0 Å². The van der Waals surface area contributed by atoms with Gasteiger partial charge in [0.1, 0.15) is 5.82 Å². The third-order valence-electron chi connectivity index (χ3n) is 6.04. The zero-order valence-corrected chi connectivity index (χ0v) is 17.1. The number of rotatable bonds is 8. The van der Waals surface area contributed by atoms with Crippen molar-refractivity contribution in [2.75, 3.05) is 5.32 Å². The number of fused-ring (bicyclic) bond motifs is 2. The maximum atomic E-state index is 12.7. The molecule has 2 fully saturated rings. The molecule has 2 N–H and O–H groups in total. The summed E-state index contributed by atoms with van der Waals surface area (Å²) in [5, 5.41) is 6.52. The van der Waals surface area contributed by atoms with Crippen molar-refractivity contribution in [1.29, 1.82) is 0 Å². The molecule has 0 radical (unpaired) electrons. The maximum Gasteiger partial charge on any atom is 0.434 e. The van der Waals surface area contributed by atoms with Gasteiger partial charge in [0.05, 0.1) is 24.4 Å². The molecule has 2 heterocycles. The van der Waals surface area contributed by atoms with Gasteiger partial charge in [-0.15, -0.1) is 0 Å². The molecular formula is C20H29F3N4O2. The molecule has 5 atom stereocenters. The maximum absolute atomic E-state index is 12.7. The first-order chi connectivity index (χ1) is 13.6. The van der Waals surface area contributed by atoms with Crippen molar-refractivity contribution in [3.05, 3.63) is 18.1 Å². The Balaban J connectivity index is 1.68. The Morgan fingerprint density at radius 3 is 2.72 bits per heavy atom. The van der Waals surface area contributed by atoms with Gasteiger partial charge in [-0.1, -0.05) is 33.1 Å². The van der Waals surface area contributed by atoms with Crippen molar-refractivity contribution in [1.82, 2.24) is 15.3 Å². The normalized spacial score (nSPS) is 29.7. The standard InChI is InChI=1S/C20H29F3N4O2/c1-4-5-6-7-12(2)18(28)29-19-9-14(13(3)27-19)8-15(19)26-17-11-24-16(10-25-17)20(21,22)23/h10-15,27H,4-9H2,1-3H3,(H,25,26). The van der Waals surface area contributed by atoms with Crippen molar-refractivity contribution in [2.45, 2.75) is 83.3 Å². The lowest BCUT2D eigenvalue weighted by Gasteiger charge is -2.38. The third kappa shape index (κ3) is 4.82. The van der Waals surface area contributed by atoms with Crippen LogP contribution in [-0.2, 0) is 15.7 Å². The predicted molar refractivity (Wildman–Crippen MR) is 102 cm³/mol. The number of aromatic nitrogens is 2. The fourth-order valence-corrected chi connectivity index (χ4v) is 4.30. The quantitative estimate of drug-likeness (QED) is 0.492. The van der Waals surface area contributed by atoms with Crippen LogP contribution in [0.5, 0.6) is 0 Å². The summed E-state index contributed by atoms with van der Waals surface area (Å²) in [6.45, 7) is 6.05. The molecular weight excluding hydrogens is 385 g/mol. The summed E-state index contributed by atoms with van der Waals surface area (Å²) in [5.41, 5.74) is -1.91. The van der Waals surface area contributed by atoms with Crippen LogP contribution in [0.3, 0.4) is 0 Å². The van der Waals surface area contributed by atoms with Crippen molar-refractivity contribution in [3.8, 4) is 0 Å². The average Bonchev–Trinajstić information content (AvgIpc) is 3.14. The van der Waals surface area contributed by atoms with E-state index in [-0.39, 0.29) is 29.8 Å². The molecule has 5 unspecified atom stereocenters. The third-order valence-corrected chi connectivity index (χ3v) is 6.04. The van der Waals surface area contributed by atoms with Gasteiger partial charge in [-0.05, 0) is 25.7 Å². The molecule has 6 nitrogen and oxygen atoms in total. The second kappa shape index (κ2) is 8.45. The Labute approximate surface area is 169 Å². The van der Waals surface area contributed by atoms with Gasteiger partial charge in [0.15, 0.2) is 11.4 Å². The van der Waals surface area contributed by atoms with Crippen LogP contribution >= 0.6 is 0 Å². The van der Waals surface area contributed by atoms with Crippen LogP contribution in [0.1, 0.15) is 65.0 Å². The van der Waals surface area contributed by atoms with Gasteiger partial charge in [0.25, 0.3) is 0 Å². The van der Waals surface area contributed by atoms with Gasteiger partial charge in [-0.3, -0.25) is 10.1 Å². The molecule has 0 amide bonds. The molecule has 29 heavy (non-hydrogen) atoms. The molecule has 1 aliphatic heterocycles. The van der Waals surface area contributed by atoms with E-state index in [1.807, 2.05) is 6.92 Å². The number of carbonyl (C=O) groups is 1. The Morgan fingerprint density at radius 1 is 1.38 bits per heavy atom. The van der Waals surface area contributed by atoms with E-state index in [0.717, 1.165) is 38.3 Å². The average molecular weight is 414 g/mol. The zero-order chi connectivity index (χ0) is 21.2. The first kappa shape index (κ1) is 21.8. The van der Waals surface area contributed by atoms with E-state index in [4.69, 9.17) is 4.74 Å². The number of halogens is 3. The van der Waals surface area contributed by atoms with E-state index < -0.39 is 17.6 Å². The van der Waals surface area contributed by atoms with Crippen LogP contribution in [0, 0.1) is 11.8 Å². The lowest BCUT2D eigenvalue weighted by atomic mass is 9.99. The highest BCUT2D eigenvalue weighted by Gasteiger charge is 2.58.